The molecule has 0 saturated carbocycles. The van der Waals surface area contributed by atoms with Crippen molar-refractivity contribution in [2.45, 2.75) is 31.0 Å². The molecule has 0 aliphatic heterocycles. The van der Waals surface area contributed by atoms with Crippen molar-refractivity contribution in [3.8, 4) is 0 Å². The summed E-state index contributed by atoms with van der Waals surface area (Å²) in [7, 11) is -4.35. The third kappa shape index (κ3) is 5.71. The number of alkyl halides is 3. The summed E-state index contributed by atoms with van der Waals surface area (Å²) in [6.45, 7) is 4.04. The highest BCUT2D eigenvalue weighted by molar-refractivity contribution is 7.89. The molecule has 0 aliphatic carbocycles. The van der Waals surface area contributed by atoms with Crippen LogP contribution in [0.15, 0.2) is 23.1 Å². The molecule has 1 atom stereocenters. The molecule has 0 saturated heterocycles. The summed E-state index contributed by atoms with van der Waals surface area (Å²) in [6, 6.07) is 1.04. The van der Waals surface area contributed by atoms with Crippen molar-refractivity contribution in [1.82, 2.24) is 10.0 Å². The summed E-state index contributed by atoms with van der Waals surface area (Å²) in [5.74, 6) is -1.23. The number of sulfonamides is 1. The van der Waals surface area contributed by atoms with E-state index in [4.69, 9.17) is 0 Å². The van der Waals surface area contributed by atoms with Crippen LogP contribution in [0.5, 0.6) is 0 Å². The second kappa shape index (κ2) is 8.09. The van der Waals surface area contributed by atoms with Gasteiger partial charge in [0.15, 0.2) is 0 Å². The molecule has 0 fully saturated rings. The number of benzene rings is 1. The lowest BCUT2D eigenvalue weighted by Crippen LogP contribution is -2.39. The minimum Gasteiger partial charge on any atom is -0.313 e. The Morgan fingerprint density at radius 1 is 1.27 bits per heavy atom. The van der Waals surface area contributed by atoms with Crippen molar-refractivity contribution in [1.29, 1.82) is 0 Å². The van der Waals surface area contributed by atoms with E-state index < -0.39 is 32.5 Å². The largest absolute Gasteiger partial charge is 0.416 e. The van der Waals surface area contributed by atoms with Crippen molar-refractivity contribution in [3.05, 3.63) is 29.6 Å². The molecule has 0 amide bonds. The molecule has 0 unspecified atom stereocenters. The number of likely N-dealkylation sites (N-methyl/N-ethyl adjacent to an activating group) is 1. The molecule has 0 radical (unpaired) electrons. The van der Waals surface area contributed by atoms with E-state index in [0.29, 0.717) is 18.7 Å². The monoisotopic (exact) mass is 364 g/mol. The van der Waals surface area contributed by atoms with Gasteiger partial charge in [-0.3, -0.25) is 0 Å². The summed E-state index contributed by atoms with van der Waals surface area (Å²) in [4.78, 5) is -1.01. The Bertz CT molecular complexity index is 593. The Labute approximate surface area is 132 Å². The normalized spacial score (nSPS) is 13.5. The van der Waals surface area contributed by atoms with E-state index in [2.05, 4.69) is 10.0 Å². The van der Waals surface area contributed by atoms with Crippen molar-refractivity contribution >= 4 is 22.4 Å². The van der Waals surface area contributed by atoms with Crippen LogP contribution in [0.3, 0.4) is 0 Å². The highest BCUT2D eigenvalue weighted by Gasteiger charge is 2.33. The highest BCUT2D eigenvalue weighted by atomic mass is 35.5. The fourth-order valence-electron chi connectivity index (χ4n) is 1.62. The second-order valence-electron chi connectivity index (χ2n) is 4.45. The van der Waals surface area contributed by atoms with Crippen molar-refractivity contribution in [2.24, 2.45) is 0 Å². The van der Waals surface area contributed by atoms with Crippen LogP contribution in [-0.4, -0.2) is 27.5 Å². The number of hydrogen-bond acceptors (Lipinski definition) is 3. The van der Waals surface area contributed by atoms with Gasteiger partial charge in [0, 0.05) is 12.6 Å². The molecule has 0 aliphatic rings. The quantitative estimate of drug-likeness (QED) is 0.763. The molecule has 1 aromatic carbocycles. The molecule has 10 heteroatoms. The van der Waals surface area contributed by atoms with Crippen LogP contribution in [0.1, 0.15) is 19.4 Å². The molecular formula is C12H17ClF4N2O2S. The molecule has 22 heavy (non-hydrogen) atoms. The lowest BCUT2D eigenvalue weighted by atomic mass is 10.2. The van der Waals surface area contributed by atoms with E-state index in [1.165, 1.54) is 0 Å². The third-order valence-corrected chi connectivity index (χ3v) is 4.12. The molecule has 4 nitrogen and oxygen atoms in total. The second-order valence-corrected chi connectivity index (χ2v) is 6.19. The molecular weight excluding hydrogens is 348 g/mol. The summed E-state index contributed by atoms with van der Waals surface area (Å²) in [5.41, 5.74) is -1.22. The van der Waals surface area contributed by atoms with Gasteiger partial charge >= 0.3 is 6.18 Å². The minimum atomic E-state index is -4.74. The van der Waals surface area contributed by atoms with Crippen LogP contribution in [0.4, 0.5) is 17.6 Å². The average Bonchev–Trinajstić information content (AvgIpc) is 2.36. The average molecular weight is 365 g/mol. The van der Waals surface area contributed by atoms with E-state index in [-0.39, 0.29) is 31.1 Å². The van der Waals surface area contributed by atoms with Crippen LogP contribution in [-0.2, 0) is 16.2 Å². The van der Waals surface area contributed by atoms with Gasteiger partial charge in [0.05, 0.1) is 5.56 Å². The zero-order chi connectivity index (χ0) is 16.3. The molecule has 1 rings (SSSR count). The van der Waals surface area contributed by atoms with E-state index in [0.717, 1.165) is 0 Å². The first-order chi connectivity index (χ1) is 9.58. The fourth-order valence-corrected chi connectivity index (χ4v) is 2.85. The predicted octanol–water partition coefficient (Wildman–Crippen LogP) is 2.54. The Hall–Kier alpha value is -0.900. The fraction of sp³-hybridized carbons (Fsp3) is 0.500. The Kier molecular flexibility index (Phi) is 7.76. The lowest BCUT2D eigenvalue weighted by molar-refractivity contribution is -0.137. The first kappa shape index (κ1) is 21.1. The Balaban J connectivity index is 0.00000441. The van der Waals surface area contributed by atoms with E-state index in [1.54, 1.807) is 6.92 Å². The van der Waals surface area contributed by atoms with E-state index >= 15 is 0 Å². The molecule has 128 valence electrons. The number of rotatable bonds is 6. The van der Waals surface area contributed by atoms with Crippen LogP contribution in [0, 0.1) is 5.82 Å². The third-order valence-electron chi connectivity index (χ3n) is 2.68. The predicted molar refractivity (Wildman–Crippen MR) is 77.0 cm³/mol. The van der Waals surface area contributed by atoms with Gasteiger partial charge in [-0.1, -0.05) is 6.92 Å². The molecule has 0 spiro atoms. The van der Waals surface area contributed by atoms with Gasteiger partial charge in [0.1, 0.15) is 10.7 Å². The topological polar surface area (TPSA) is 58.2 Å². The standard InChI is InChI=1S/C12H16F4N2O2S.ClH/c1-3-17-8(2)7-18-21(19,20)11-6-9(12(14,15)16)4-5-10(11)13;/h4-6,8,17-18H,3,7H2,1-2H3;1H/t8-;/m1./s1. The molecule has 0 aromatic heterocycles. The van der Waals surface area contributed by atoms with Gasteiger partial charge in [0.25, 0.3) is 0 Å². The van der Waals surface area contributed by atoms with Crippen LogP contribution >= 0.6 is 12.4 Å². The molecule has 0 heterocycles. The van der Waals surface area contributed by atoms with Gasteiger partial charge in [-0.05, 0) is 31.7 Å². The van der Waals surface area contributed by atoms with Crippen LogP contribution in [0.25, 0.3) is 0 Å². The lowest BCUT2D eigenvalue weighted by Gasteiger charge is -2.15. The Morgan fingerprint density at radius 2 is 1.86 bits per heavy atom. The molecule has 0 bridgehead atoms. The smallest absolute Gasteiger partial charge is 0.313 e. The Morgan fingerprint density at radius 3 is 2.36 bits per heavy atom. The first-order valence-corrected chi connectivity index (χ1v) is 7.66. The maximum atomic E-state index is 13.5. The van der Waals surface area contributed by atoms with Gasteiger partial charge in [-0.25, -0.2) is 17.5 Å². The van der Waals surface area contributed by atoms with Gasteiger partial charge in [-0.15, -0.1) is 12.4 Å². The summed E-state index contributed by atoms with van der Waals surface area (Å²) < 4.78 is 77.1. The highest BCUT2D eigenvalue weighted by Crippen LogP contribution is 2.31. The zero-order valence-corrected chi connectivity index (χ0v) is 13.5. The van der Waals surface area contributed by atoms with E-state index in [1.807, 2.05) is 6.92 Å². The number of halogens is 5. The SMILES string of the molecule is CCN[C@H](C)CNS(=O)(=O)c1cc(C(F)(F)F)ccc1F.Cl. The van der Waals surface area contributed by atoms with Crippen LogP contribution < -0.4 is 10.0 Å². The first-order valence-electron chi connectivity index (χ1n) is 6.17. The zero-order valence-electron chi connectivity index (χ0n) is 11.9. The van der Waals surface area contributed by atoms with Crippen molar-refractivity contribution in [2.75, 3.05) is 13.1 Å². The summed E-state index contributed by atoms with van der Waals surface area (Å²) in [5, 5.41) is 2.92. The molecule has 1 aromatic rings. The number of nitrogens with one attached hydrogen (secondary N) is 2. The van der Waals surface area contributed by atoms with Crippen LogP contribution in [0.2, 0.25) is 0 Å². The van der Waals surface area contributed by atoms with Gasteiger partial charge in [0.2, 0.25) is 10.0 Å². The minimum absolute atomic E-state index is 0. The maximum absolute atomic E-state index is 13.5. The van der Waals surface area contributed by atoms with E-state index in [9.17, 15) is 26.0 Å². The van der Waals surface area contributed by atoms with Crippen molar-refractivity contribution < 1.29 is 26.0 Å². The number of hydrogen-bond donors (Lipinski definition) is 2. The van der Waals surface area contributed by atoms with Gasteiger partial charge in [-0.2, -0.15) is 13.2 Å². The maximum Gasteiger partial charge on any atom is 0.416 e. The van der Waals surface area contributed by atoms with Crippen molar-refractivity contribution in [3.63, 3.8) is 0 Å². The van der Waals surface area contributed by atoms with Gasteiger partial charge < -0.3 is 5.32 Å². The molecule has 2 N–H and O–H groups in total. The summed E-state index contributed by atoms with van der Waals surface area (Å²) in [6.07, 6.45) is -4.74. The summed E-state index contributed by atoms with van der Waals surface area (Å²) >= 11 is 0.